The largest absolute Gasteiger partial charge is 0.377 e. The second-order valence-corrected chi connectivity index (χ2v) is 5.59. The fourth-order valence-electron chi connectivity index (χ4n) is 2.05. The van der Waals surface area contributed by atoms with Gasteiger partial charge in [-0.1, -0.05) is 24.3 Å². The number of hydrogen-bond donors (Lipinski definition) is 2. The Balaban J connectivity index is 2.27. The van der Waals surface area contributed by atoms with Crippen molar-refractivity contribution in [2.45, 2.75) is 11.3 Å². The fraction of sp³-hybridized carbons (Fsp3) is 0.333. The predicted octanol–water partition coefficient (Wildman–Crippen LogP) is 2.85. The zero-order valence-corrected chi connectivity index (χ0v) is 12.3. The van der Waals surface area contributed by atoms with Crippen LogP contribution in [0, 0.1) is 0 Å². The summed E-state index contributed by atoms with van der Waals surface area (Å²) in [6.07, 6.45) is 1.00. The van der Waals surface area contributed by atoms with Gasteiger partial charge in [-0.2, -0.15) is 0 Å². The van der Waals surface area contributed by atoms with Crippen molar-refractivity contribution in [1.82, 2.24) is 4.72 Å². The topological polar surface area (TPSA) is 41.3 Å². The van der Waals surface area contributed by atoms with Crippen molar-refractivity contribution in [3.63, 3.8) is 0 Å². The second kappa shape index (κ2) is 6.80. The number of anilines is 1. The van der Waals surface area contributed by atoms with Crippen LogP contribution in [0.3, 0.4) is 0 Å². The van der Waals surface area contributed by atoms with Crippen LogP contribution in [0.1, 0.15) is 6.42 Å². The van der Waals surface area contributed by atoms with E-state index < -0.39 is 0 Å². The Morgan fingerprint density at radius 3 is 2.58 bits per heavy atom. The van der Waals surface area contributed by atoms with E-state index in [0.717, 1.165) is 19.5 Å². The maximum absolute atomic E-state index is 5.50. The summed E-state index contributed by atoms with van der Waals surface area (Å²) in [6, 6.07) is 12.9. The lowest BCUT2D eigenvalue weighted by molar-refractivity contribution is 0.809. The van der Waals surface area contributed by atoms with Gasteiger partial charge in [0.05, 0.1) is 0 Å². The molecule has 0 aliphatic carbocycles. The molecule has 2 aromatic carbocycles. The van der Waals surface area contributed by atoms with Gasteiger partial charge in [0.25, 0.3) is 0 Å². The smallest absolute Gasteiger partial charge is 0.0441 e. The Kier molecular flexibility index (Phi) is 5.07. The lowest BCUT2D eigenvalue weighted by Crippen LogP contribution is -2.11. The lowest BCUT2D eigenvalue weighted by atomic mass is 10.1. The molecule has 0 aromatic heterocycles. The van der Waals surface area contributed by atoms with Crippen LogP contribution >= 0.6 is 11.9 Å². The van der Waals surface area contributed by atoms with E-state index >= 15 is 0 Å². The summed E-state index contributed by atoms with van der Waals surface area (Å²) in [5.74, 6) is 0. The second-order valence-electron chi connectivity index (χ2n) is 4.66. The molecule has 0 atom stereocenters. The van der Waals surface area contributed by atoms with Crippen molar-refractivity contribution in [3.8, 4) is 0 Å². The lowest BCUT2D eigenvalue weighted by Gasteiger charge is -2.16. The molecule has 2 rings (SSSR count). The summed E-state index contributed by atoms with van der Waals surface area (Å²) in [6.45, 7) is 1.67. The minimum Gasteiger partial charge on any atom is -0.377 e. The normalized spacial score (nSPS) is 10.9. The molecule has 0 unspecified atom stereocenters. The van der Waals surface area contributed by atoms with Gasteiger partial charge in [0, 0.05) is 36.6 Å². The molecule has 4 heteroatoms. The molecule has 19 heavy (non-hydrogen) atoms. The van der Waals surface area contributed by atoms with Crippen LogP contribution in [-0.2, 0) is 0 Å². The van der Waals surface area contributed by atoms with Crippen molar-refractivity contribution in [2.24, 2.45) is 5.73 Å². The average molecular weight is 275 g/mol. The van der Waals surface area contributed by atoms with Gasteiger partial charge in [-0.05, 0) is 42.4 Å². The molecule has 0 saturated carbocycles. The molecule has 0 aliphatic rings. The molecule has 3 nitrogen and oxygen atoms in total. The van der Waals surface area contributed by atoms with Gasteiger partial charge in [0.15, 0.2) is 0 Å². The van der Waals surface area contributed by atoms with E-state index in [2.05, 4.69) is 60.1 Å². The summed E-state index contributed by atoms with van der Waals surface area (Å²) >= 11 is 1.69. The Morgan fingerprint density at radius 1 is 1.11 bits per heavy atom. The summed E-state index contributed by atoms with van der Waals surface area (Å²) in [5.41, 5.74) is 6.75. The van der Waals surface area contributed by atoms with E-state index in [0.29, 0.717) is 0 Å². The van der Waals surface area contributed by atoms with Crippen molar-refractivity contribution < 1.29 is 0 Å². The summed E-state index contributed by atoms with van der Waals surface area (Å²) < 4.78 is 3.37. The van der Waals surface area contributed by atoms with Crippen molar-refractivity contribution in [2.75, 3.05) is 32.1 Å². The minimum atomic E-state index is 0.730. The van der Waals surface area contributed by atoms with E-state index in [1.807, 2.05) is 0 Å². The van der Waals surface area contributed by atoms with Gasteiger partial charge in [-0.15, -0.1) is 0 Å². The first-order valence-corrected chi connectivity index (χ1v) is 7.34. The van der Waals surface area contributed by atoms with Crippen LogP contribution in [0.25, 0.3) is 10.8 Å². The van der Waals surface area contributed by atoms with Crippen LogP contribution in [0.5, 0.6) is 0 Å². The first-order valence-electron chi connectivity index (χ1n) is 6.53. The van der Waals surface area contributed by atoms with Gasteiger partial charge in [-0.25, -0.2) is 0 Å². The quantitative estimate of drug-likeness (QED) is 0.628. The zero-order chi connectivity index (χ0) is 13.7. The molecular weight excluding hydrogens is 254 g/mol. The highest BCUT2D eigenvalue weighted by Crippen LogP contribution is 2.31. The third-order valence-corrected chi connectivity index (χ3v) is 3.93. The van der Waals surface area contributed by atoms with Gasteiger partial charge in [-0.3, -0.25) is 4.72 Å². The fourth-order valence-corrected chi connectivity index (χ4v) is 2.88. The monoisotopic (exact) mass is 275 g/mol. The van der Waals surface area contributed by atoms with Crippen LogP contribution in [-0.4, -0.2) is 27.2 Å². The van der Waals surface area contributed by atoms with E-state index in [1.54, 1.807) is 11.9 Å². The maximum Gasteiger partial charge on any atom is 0.0441 e. The van der Waals surface area contributed by atoms with Crippen LogP contribution in [0.15, 0.2) is 41.3 Å². The third kappa shape index (κ3) is 3.41. The number of rotatable bonds is 6. The Labute approximate surface area is 119 Å². The average Bonchev–Trinajstić information content (AvgIpc) is 2.43. The van der Waals surface area contributed by atoms with Crippen molar-refractivity contribution in [3.05, 3.63) is 36.4 Å². The molecule has 0 radical (unpaired) electrons. The van der Waals surface area contributed by atoms with Gasteiger partial charge >= 0.3 is 0 Å². The summed E-state index contributed by atoms with van der Waals surface area (Å²) in [7, 11) is 4.15. The third-order valence-electron chi connectivity index (χ3n) is 3.01. The minimum absolute atomic E-state index is 0.730. The molecule has 0 heterocycles. The molecule has 0 spiro atoms. The van der Waals surface area contributed by atoms with Crippen LogP contribution < -0.4 is 15.4 Å². The summed E-state index contributed by atoms with van der Waals surface area (Å²) in [4.78, 5) is 3.41. The van der Waals surface area contributed by atoms with Crippen LogP contribution in [0.2, 0.25) is 0 Å². The molecule has 0 aliphatic heterocycles. The Morgan fingerprint density at radius 2 is 1.84 bits per heavy atom. The van der Waals surface area contributed by atoms with Crippen molar-refractivity contribution in [1.29, 1.82) is 0 Å². The predicted molar refractivity (Wildman–Crippen MR) is 85.8 cm³/mol. The van der Waals surface area contributed by atoms with Crippen LogP contribution in [0.4, 0.5) is 5.69 Å². The molecule has 0 saturated heterocycles. The molecular formula is C15H21N3S. The number of hydrogen-bond acceptors (Lipinski definition) is 4. The molecule has 3 N–H and O–H groups in total. The maximum atomic E-state index is 5.50. The first-order chi connectivity index (χ1) is 9.24. The number of fused-ring (bicyclic) bond motifs is 1. The SMILES string of the molecule is CN(C)c1cccc2c(SNCCCN)cccc12. The zero-order valence-electron chi connectivity index (χ0n) is 11.5. The standard InChI is InChI=1S/C15H21N3S/c1-18(2)14-8-3-7-13-12(14)6-4-9-15(13)19-17-11-5-10-16/h3-4,6-9,17H,5,10-11,16H2,1-2H3. The molecule has 102 valence electrons. The van der Waals surface area contributed by atoms with Crippen molar-refractivity contribution >= 4 is 28.4 Å². The van der Waals surface area contributed by atoms with E-state index in [-0.39, 0.29) is 0 Å². The number of nitrogens with one attached hydrogen (secondary N) is 1. The molecule has 2 aromatic rings. The Bertz CT molecular complexity index is 540. The van der Waals surface area contributed by atoms with Gasteiger partial charge < -0.3 is 10.6 Å². The highest BCUT2D eigenvalue weighted by molar-refractivity contribution is 7.97. The number of nitrogens with zero attached hydrogens (tertiary/aromatic N) is 1. The first kappa shape index (κ1) is 14.2. The van der Waals surface area contributed by atoms with E-state index in [1.165, 1.54) is 21.4 Å². The molecule has 0 fully saturated rings. The summed E-state index contributed by atoms with van der Waals surface area (Å²) in [5, 5.41) is 2.58. The number of benzene rings is 2. The highest BCUT2D eigenvalue weighted by Gasteiger charge is 2.06. The van der Waals surface area contributed by atoms with E-state index in [4.69, 9.17) is 5.73 Å². The molecule has 0 bridgehead atoms. The molecule has 0 amide bonds. The van der Waals surface area contributed by atoms with E-state index in [9.17, 15) is 0 Å². The van der Waals surface area contributed by atoms with Gasteiger partial charge in [0.1, 0.15) is 0 Å². The highest BCUT2D eigenvalue weighted by atomic mass is 32.2. The van der Waals surface area contributed by atoms with Gasteiger partial charge in [0.2, 0.25) is 0 Å². The Hall–Kier alpha value is -1.23. The number of nitrogens with two attached hydrogens (primary N) is 1.